The minimum absolute atomic E-state index is 0.0367. The highest BCUT2D eigenvalue weighted by molar-refractivity contribution is 6.31. The van der Waals surface area contributed by atoms with Gasteiger partial charge >= 0.3 is 0 Å². The standard InChI is InChI=1S/C16H15ClO2/c1-2-19-14-8-5-7-13(10-14)16(18)11-12-6-3-4-9-15(12)17/h3-10H,2,11H2,1H3. The molecule has 0 spiro atoms. The fraction of sp³-hybridized carbons (Fsp3) is 0.188. The van der Waals surface area contributed by atoms with Crippen LogP contribution in [0.3, 0.4) is 0 Å². The van der Waals surface area contributed by atoms with E-state index < -0.39 is 0 Å². The second kappa shape index (κ2) is 6.39. The Morgan fingerprint density at radius 2 is 1.95 bits per heavy atom. The Kier molecular flexibility index (Phi) is 4.58. The predicted octanol–water partition coefficient (Wildman–Crippen LogP) is 4.16. The van der Waals surface area contributed by atoms with Gasteiger partial charge in [0.05, 0.1) is 6.61 Å². The van der Waals surface area contributed by atoms with Gasteiger partial charge in [-0.1, -0.05) is 41.9 Å². The molecule has 0 radical (unpaired) electrons. The second-order valence-corrected chi connectivity index (χ2v) is 4.56. The van der Waals surface area contributed by atoms with Crippen molar-refractivity contribution in [2.75, 3.05) is 6.61 Å². The maximum absolute atomic E-state index is 12.2. The van der Waals surface area contributed by atoms with Crippen LogP contribution < -0.4 is 4.74 Å². The molecule has 0 aromatic heterocycles. The van der Waals surface area contributed by atoms with Crippen LogP contribution in [0, 0.1) is 0 Å². The molecule has 0 amide bonds. The first-order valence-corrected chi connectivity index (χ1v) is 6.58. The molecule has 98 valence electrons. The molecule has 0 fully saturated rings. The molecule has 0 heterocycles. The predicted molar refractivity (Wildman–Crippen MR) is 77.1 cm³/mol. The van der Waals surface area contributed by atoms with E-state index in [9.17, 15) is 4.79 Å². The number of benzene rings is 2. The van der Waals surface area contributed by atoms with Crippen molar-refractivity contribution < 1.29 is 9.53 Å². The zero-order chi connectivity index (χ0) is 13.7. The van der Waals surface area contributed by atoms with Crippen molar-refractivity contribution in [3.05, 3.63) is 64.7 Å². The maximum atomic E-state index is 12.2. The van der Waals surface area contributed by atoms with Gasteiger partial charge in [0, 0.05) is 17.0 Å². The molecule has 2 rings (SSSR count). The van der Waals surface area contributed by atoms with E-state index in [1.165, 1.54) is 0 Å². The lowest BCUT2D eigenvalue weighted by Gasteiger charge is -2.06. The number of carbonyl (C=O) groups is 1. The van der Waals surface area contributed by atoms with Gasteiger partial charge in [-0.25, -0.2) is 0 Å². The Bertz CT molecular complexity index is 578. The molecule has 0 aliphatic carbocycles. The third-order valence-corrected chi connectivity index (χ3v) is 3.14. The highest BCUT2D eigenvalue weighted by Crippen LogP contribution is 2.19. The lowest BCUT2D eigenvalue weighted by molar-refractivity contribution is 0.0992. The topological polar surface area (TPSA) is 26.3 Å². The van der Waals surface area contributed by atoms with Gasteiger partial charge in [-0.05, 0) is 30.7 Å². The summed E-state index contributed by atoms with van der Waals surface area (Å²) in [7, 11) is 0. The van der Waals surface area contributed by atoms with Crippen molar-refractivity contribution in [2.45, 2.75) is 13.3 Å². The minimum Gasteiger partial charge on any atom is -0.494 e. The fourth-order valence-corrected chi connectivity index (χ4v) is 2.05. The number of hydrogen-bond donors (Lipinski definition) is 0. The van der Waals surface area contributed by atoms with Crippen molar-refractivity contribution in [1.29, 1.82) is 0 Å². The Hall–Kier alpha value is -1.80. The summed E-state index contributed by atoms with van der Waals surface area (Å²) in [5.74, 6) is 0.752. The molecule has 0 aliphatic heterocycles. The first-order valence-electron chi connectivity index (χ1n) is 6.20. The molecule has 2 nitrogen and oxygen atoms in total. The molecule has 0 atom stereocenters. The quantitative estimate of drug-likeness (QED) is 0.765. The van der Waals surface area contributed by atoms with E-state index in [0.717, 1.165) is 5.56 Å². The minimum atomic E-state index is 0.0367. The average molecular weight is 275 g/mol. The van der Waals surface area contributed by atoms with E-state index in [2.05, 4.69) is 0 Å². The summed E-state index contributed by atoms with van der Waals surface area (Å²) in [4.78, 5) is 12.2. The highest BCUT2D eigenvalue weighted by Gasteiger charge is 2.10. The first-order chi connectivity index (χ1) is 9.20. The summed E-state index contributed by atoms with van der Waals surface area (Å²) in [6.07, 6.45) is 0.301. The molecule has 0 saturated carbocycles. The van der Waals surface area contributed by atoms with Gasteiger partial charge < -0.3 is 4.74 Å². The smallest absolute Gasteiger partial charge is 0.167 e. The van der Waals surface area contributed by atoms with E-state index in [4.69, 9.17) is 16.3 Å². The van der Waals surface area contributed by atoms with Crippen LogP contribution >= 0.6 is 11.6 Å². The Morgan fingerprint density at radius 3 is 2.68 bits per heavy atom. The summed E-state index contributed by atoms with van der Waals surface area (Å²) in [5.41, 5.74) is 1.49. The number of hydrogen-bond acceptors (Lipinski definition) is 2. The van der Waals surface area contributed by atoms with Crippen molar-refractivity contribution in [2.24, 2.45) is 0 Å². The molecule has 2 aromatic rings. The van der Waals surface area contributed by atoms with E-state index in [1.807, 2.05) is 37.3 Å². The monoisotopic (exact) mass is 274 g/mol. The van der Waals surface area contributed by atoms with Crippen LogP contribution in [-0.2, 0) is 6.42 Å². The molecule has 2 aromatic carbocycles. The summed E-state index contributed by atoms with van der Waals surface area (Å²) in [6, 6.07) is 14.6. The zero-order valence-electron chi connectivity index (χ0n) is 10.7. The van der Waals surface area contributed by atoms with Gasteiger partial charge in [0.2, 0.25) is 0 Å². The number of halogens is 1. The van der Waals surface area contributed by atoms with Gasteiger partial charge in [0.25, 0.3) is 0 Å². The number of ketones is 1. The van der Waals surface area contributed by atoms with Crippen LogP contribution in [-0.4, -0.2) is 12.4 Å². The van der Waals surface area contributed by atoms with Crippen LogP contribution in [0.4, 0.5) is 0 Å². The second-order valence-electron chi connectivity index (χ2n) is 4.15. The van der Waals surface area contributed by atoms with Gasteiger partial charge in [-0.15, -0.1) is 0 Å². The molecule has 0 bridgehead atoms. The van der Waals surface area contributed by atoms with Crippen LogP contribution in [0.2, 0.25) is 5.02 Å². The normalized spacial score (nSPS) is 10.2. The summed E-state index contributed by atoms with van der Waals surface area (Å²) >= 11 is 6.06. The van der Waals surface area contributed by atoms with Crippen molar-refractivity contribution in [3.63, 3.8) is 0 Å². The summed E-state index contributed by atoms with van der Waals surface area (Å²) < 4.78 is 5.39. The fourth-order valence-electron chi connectivity index (χ4n) is 1.84. The van der Waals surface area contributed by atoms with Crippen LogP contribution in [0.5, 0.6) is 5.75 Å². The maximum Gasteiger partial charge on any atom is 0.167 e. The highest BCUT2D eigenvalue weighted by atomic mass is 35.5. The van der Waals surface area contributed by atoms with Crippen LogP contribution in [0.1, 0.15) is 22.8 Å². The number of ether oxygens (including phenoxy) is 1. The van der Waals surface area contributed by atoms with Crippen LogP contribution in [0.15, 0.2) is 48.5 Å². The SMILES string of the molecule is CCOc1cccc(C(=O)Cc2ccccc2Cl)c1. The molecule has 0 saturated heterocycles. The molecule has 0 aliphatic rings. The lowest BCUT2D eigenvalue weighted by Crippen LogP contribution is -2.04. The Labute approximate surface area is 118 Å². The third kappa shape index (κ3) is 3.58. The van der Waals surface area contributed by atoms with Crippen molar-refractivity contribution >= 4 is 17.4 Å². The third-order valence-electron chi connectivity index (χ3n) is 2.78. The van der Waals surface area contributed by atoms with E-state index >= 15 is 0 Å². The number of rotatable bonds is 5. The van der Waals surface area contributed by atoms with Crippen LogP contribution in [0.25, 0.3) is 0 Å². The van der Waals surface area contributed by atoms with Crippen molar-refractivity contribution in [1.82, 2.24) is 0 Å². The Balaban J connectivity index is 2.16. The number of Topliss-reactive ketones (excluding diaryl/α,β-unsaturated/α-hetero) is 1. The van der Waals surface area contributed by atoms with E-state index in [-0.39, 0.29) is 5.78 Å². The average Bonchev–Trinajstić information content (AvgIpc) is 2.42. The summed E-state index contributed by atoms with van der Waals surface area (Å²) in [6.45, 7) is 2.50. The van der Waals surface area contributed by atoms with Gasteiger partial charge in [0.1, 0.15) is 5.75 Å². The first kappa shape index (κ1) is 13.6. The van der Waals surface area contributed by atoms with Gasteiger partial charge in [-0.3, -0.25) is 4.79 Å². The Morgan fingerprint density at radius 1 is 1.16 bits per heavy atom. The van der Waals surface area contributed by atoms with E-state index in [1.54, 1.807) is 18.2 Å². The molecule has 3 heteroatoms. The zero-order valence-corrected chi connectivity index (χ0v) is 11.5. The lowest BCUT2D eigenvalue weighted by atomic mass is 10.0. The summed E-state index contributed by atoms with van der Waals surface area (Å²) in [5, 5.41) is 0.622. The molecule has 0 unspecified atom stereocenters. The van der Waals surface area contributed by atoms with Gasteiger partial charge in [0.15, 0.2) is 5.78 Å². The molecule has 0 N–H and O–H groups in total. The molecule has 19 heavy (non-hydrogen) atoms. The molecular weight excluding hydrogens is 260 g/mol. The largest absolute Gasteiger partial charge is 0.494 e. The van der Waals surface area contributed by atoms with E-state index in [0.29, 0.717) is 29.4 Å². The van der Waals surface area contributed by atoms with Gasteiger partial charge in [-0.2, -0.15) is 0 Å². The number of carbonyl (C=O) groups excluding carboxylic acids is 1. The molecular formula is C16H15ClO2. The van der Waals surface area contributed by atoms with Crippen molar-refractivity contribution in [3.8, 4) is 5.75 Å².